The number of halogens is 2. The molecule has 0 radical (unpaired) electrons. The lowest BCUT2D eigenvalue weighted by atomic mass is 10.1. The number of carbonyl (C=O) groups excluding carboxylic acids is 1. The third kappa shape index (κ3) is 1.72. The van der Waals surface area contributed by atoms with Gasteiger partial charge in [-0.05, 0) is 24.6 Å². The van der Waals surface area contributed by atoms with Crippen molar-refractivity contribution in [1.29, 1.82) is 0 Å². The summed E-state index contributed by atoms with van der Waals surface area (Å²) in [6.07, 6.45) is 0. The molecule has 0 aliphatic carbocycles. The van der Waals surface area contributed by atoms with Crippen LogP contribution in [-0.4, -0.2) is 10.2 Å². The fourth-order valence-electron chi connectivity index (χ4n) is 1.04. The predicted octanol–water partition coefficient (Wildman–Crippen LogP) is 2.42. The Hall–Kier alpha value is -1.49. The van der Waals surface area contributed by atoms with Crippen molar-refractivity contribution in [3.05, 3.63) is 39.2 Å². The number of nitrogens with zero attached hydrogens (tertiary/aromatic N) is 1. The second-order valence-electron chi connectivity index (χ2n) is 2.62. The number of benzene rings is 1. The van der Waals surface area contributed by atoms with E-state index in [1.807, 2.05) is 0 Å². The van der Waals surface area contributed by atoms with Gasteiger partial charge in [0.15, 0.2) is 0 Å². The van der Waals surface area contributed by atoms with Gasteiger partial charge in [-0.15, -0.1) is 0 Å². The molecule has 0 saturated heterocycles. The van der Waals surface area contributed by atoms with E-state index in [4.69, 9.17) is 11.6 Å². The molecule has 0 bridgehead atoms. The maximum absolute atomic E-state index is 13.3. The van der Waals surface area contributed by atoms with E-state index in [1.165, 1.54) is 13.0 Å². The maximum atomic E-state index is 13.3. The number of hydrogen-bond donors (Lipinski definition) is 0. The van der Waals surface area contributed by atoms with Crippen LogP contribution in [0.15, 0.2) is 12.1 Å². The van der Waals surface area contributed by atoms with Crippen LogP contribution in [0.25, 0.3) is 0 Å². The monoisotopic (exact) mass is 217 g/mol. The van der Waals surface area contributed by atoms with Crippen LogP contribution in [0, 0.1) is 22.9 Å². The van der Waals surface area contributed by atoms with Crippen LogP contribution in [0.5, 0.6) is 0 Å². The molecule has 0 saturated carbocycles. The lowest BCUT2D eigenvalue weighted by Crippen LogP contribution is -2.02. The molecule has 0 fully saturated rings. The number of nitro groups is 1. The van der Waals surface area contributed by atoms with E-state index in [0.29, 0.717) is 0 Å². The van der Waals surface area contributed by atoms with Crippen LogP contribution in [0.1, 0.15) is 15.9 Å². The molecule has 14 heavy (non-hydrogen) atoms. The van der Waals surface area contributed by atoms with Crippen molar-refractivity contribution in [2.24, 2.45) is 0 Å². The average molecular weight is 218 g/mol. The van der Waals surface area contributed by atoms with Gasteiger partial charge in [-0.2, -0.15) is 4.39 Å². The van der Waals surface area contributed by atoms with Crippen molar-refractivity contribution in [3.8, 4) is 0 Å². The first-order chi connectivity index (χ1) is 6.45. The third-order valence-corrected chi connectivity index (χ3v) is 1.92. The molecule has 0 amide bonds. The Labute approximate surface area is 83.4 Å². The lowest BCUT2D eigenvalue weighted by molar-refractivity contribution is -0.388. The Morgan fingerprint density at radius 2 is 2.14 bits per heavy atom. The van der Waals surface area contributed by atoms with E-state index in [2.05, 4.69) is 0 Å². The normalized spacial score (nSPS) is 9.93. The Bertz CT molecular complexity index is 419. The predicted molar refractivity (Wildman–Crippen MR) is 48.0 cm³/mol. The van der Waals surface area contributed by atoms with Crippen LogP contribution in [-0.2, 0) is 0 Å². The zero-order valence-corrected chi connectivity index (χ0v) is 7.84. The number of aryl methyl sites for hydroxylation is 1. The number of hydrogen-bond acceptors (Lipinski definition) is 3. The van der Waals surface area contributed by atoms with Crippen molar-refractivity contribution in [2.45, 2.75) is 6.92 Å². The van der Waals surface area contributed by atoms with E-state index in [1.54, 1.807) is 0 Å². The molecule has 1 aromatic carbocycles. The van der Waals surface area contributed by atoms with Crippen molar-refractivity contribution in [1.82, 2.24) is 0 Å². The molecule has 0 unspecified atom stereocenters. The second kappa shape index (κ2) is 3.71. The molecule has 1 rings (SSSR count). The highest BCUT2D eigenvalue weighted by Crippen LogP contribution is 2.25. The molecule has 0 spiro atoms. The van der Waals surface area contributed by atoms with Crippen LogP contribution in [0.4, 0.5) is 10.1 Å². The van der Waals surface area contributed by atoms with Gasteiger partial charge in [-0.25, -0.2) is 0 Å². The average Bonchev–Trinajstić information content (AvgIpc) is 2.02. The van der Waals surface area contributed by atoms with E-state index < -0.39 is 27.2 Å². The van der Waals surface area contributed by atoms with Gasteiger partial charge in [0.2, 0.25) is 5.82 Å². The number of nitro benzene ring substituents is 1. The summed E-state index contributed by atoms with van der Waals surface area (Å²) >= 11 is 5.04. The van der Waals surface area contributed by atoms with E-state index in [9.17, 15) is 19.3 Å². The second-order valence-corrected chi connectivity index (χ2v) is 2.97. The molecule has 0 heterocycles. The van der Waals surface area contributed by atoms with E-state index in [-0.39, 0.29) is 5.56 Å². The van der Waals surface area contributed by atoms with Crippen molar-refractivity contribution in [2.75, 3.05) is 0 Å². The van der Waals surface area contributed by atoms with Gasteiger partial charge in [0.1, 0.15) is 0 Å². The molecule has 0 aliphatic heterocycles. The van der Waals surface area contributed by atoms with Crippen molar-refractivity contribution in [3.63, 3.8) is 0 Å². The summed E-state index contributed by atoms with van der Waals surface area (Å²) in [5, 5.41) is 9.38. The standard InChI is InChI=1S/C8H5ClFNO3/c1-4-2-3-5(8(9)12)6(10)7(4)11(13)14/h2-3H,1H3. The minimum Gasteiger partial charge on any atom is -0.275 e. The summed E-state index contributed by atoms with van der Waals surface area (Å²) in [7, 11) is 0. The highest BCUT2D eigenvalue weighted by Gasteiger charge is 2.23. The minimum atomic E-state index is -1.19. The summed E-state index contributed by atoms with van der Waals surface area (Å²) < 4.78 is 13.3. The molecular formula is C8H5ClFNO3. The first-order valence-electron chi connectivity index (χ1n) is 3.58. The highest BCUT2D eigenvalue weighted by molar-refractivity contribution is 6.67. The van der Waals surface area contributed by atoms with E-state index >= 15 is 0 Å². The van der Waals surface area contributed by atoms with E-state index in [0.717, 1.165) is 6.07 Å². The van der Waals surface area contributed by atoms with Gasteiger partial charge in [0.05, 0.1) is 10.5 Å². The molecular weight excluding hydrogens is 213 g/mol. The van der Waals surface area contributed by atoms with Gasteiger partial charge < -0.3 is 0 Å². The van der Waals surface area contributed by atoms with Crippen LogP contribution >= 0.6 is 11.6 Å². The molecule has 0 N–H and O–H groups in total. The minimum absolute atomic E-state index is 0.147. The fraction of sp³-hybridized carbons (Fsp3) is 0.125. The summed E-state index contributed by atoms with van der Waals surface area (Å²) in [5.41, 5.74) is -1.05. The van der Waals surface area contributed by atoms with Crippen LogP contribution in [0.3, 0.4) is 0 Å². The molecule has 0 aliphatic rings. The third-order valence-electron chi connectivity index (χ3n) is 1.71. The zero-order valence-electron chi connectivity index (χ0n) is 7.08. The smallest absolute Gasteiger partial charge is 0.275 e. The number of rotatable bonds is 2. The van der Waals surface area contributed by atoms with Gasteiger partial charge in [-0.3, -0.25) is 14.9 Å². The first-order valence-corrected chi connectivity index (χ1v) is 3.96. The zero-order chi connectivity index (χ0) is 10.9. The molecule has 4 nitrogen and oxygen atoms in total. The van der Waals surface area contributed by atoms with Crippen LogP contribution < -0.4 is 0 Å². The Balaban J connectivity index is 3.49. The van der Waals surface area contributed by atoms with Crippen LogP contribution in [0.2, 0.25) is 0 Å². The first kappa shape index (κ1) is 10.6. The van der Waals surface area contributed by atoms with Gasteiger partial charge >= 0.3 is 5.69 Å². The quantitative estimate of drug-likeness (QED) is 0.434. The lowest BCUT2D eigenvalue weighted by Gasteiger charge is -2.00. The largest absolute Gasteiger partial charge is 0.308 e. The summed E-state index contributed by atoms with van der Waals surface area (Å²) in [4.78, 5) is 20.2. The summed E-state index contributed by atoms with van der Waals surface area (Å²) in [5.74, 6) is -1.19. The number of carbonyl (C=O) groups is 1. The van der Waals surface area contributed by atoms with Gasteiger partial charge in [0.25, 0.3) is 5.24 Å². The van der Waals surface area contributed by atoms with Crippen molar-refractivity contribution < 1.29 is 14.1 Å². The summed E-state index contributed by atoms with van der Waals surface area (Å²) in [6.45, 7) is 1.38. The summed E-state index contributed by atoms with van der Waals surface area (Å²) in [6, 6.07) is 2.39. The molecule has 1 aromatic rings. The highest BCUT2D eigenvalue weighted by atomic mass is 35.5. The molecule has 74 valence electrons. The van der Waals surface area contributed by atoms with Crippen molar-refractivity contribution >= 4 is 22.5 Å². The SMILES string of the molecule is Cc1ccc(C(=O)Cl)c(F)c1[N+](=O)[O-]. The fourth-order valence-corrected chi connectivity index (χ4v) is 1.18. The molecule has 0 atom stereocenters. The Kier molecular flexibility index (Phi) is 2.81. The topological polar surface area (TPSA) is 60.2 Å². The molecule has 6 heteroatoms. The Morgan fingerprint density at radius 1 is 1.57 bits per heavy atom. The van der Waals surface area contributed by atoms with Gasteiger partial charge in [0, 0.05) is 5.56 Å². The Morgan fingerprint density at radius 3 is 2.57 bits per heavy atom. The van der Waals surface area contributed by atoms with Gasteiger partial charge in [-0.1, -0.05) is 6.07 Å². The molecule has 0 aromatic heterocycles. The maximum Gasteiger partial charge on any atom is 0.308 e.